The maximum Gasteiger partial charge on any atom is 0.308 e. The summed E-state index contributed by atoms with van der Waals surface area (Å²) in [4.78, 5) is 13.6. The van der Waals surface area contributed by atoms with Crippen molar-refractivity contribution in [2.24, 2.45) is 5.92 Å². The van der Waals surface area contributed by atoms with E-state index < -0.39 is 11.9 Å². The van der Waals surface area contributed by atoms with Crippen molar-refractivity contribution in [2.45, 2.75) is 39.2 Å². The third-order valence-corrected chi connectivity index (χ3v) is 4.14. The number of likely N-dealkylation sites (tertiary alicyclic amines) is 1. The van der Waals surface area contributed by atoms with E-state index in [0.717, 1.165) is 5.56 Å². The number of halogens is 1. The number of carboxylic acids is 1. The van der Waals surface area contributed by atoms with Crippen LogP contribution >= 0.6 is 0 Å². The van der Waals surface area contributed by atoms with Crippen LogP contribution in [0.2, 0.25) is 0 Å². The van der Waals surface area contributed by atoms with Gasteiger partial charge in [-0.15, -0.1) is 0 Å². The molecular weight excluding hydrogens is 257 g/mol. The van der Waals surface area contributed by atoms with Crippen LogP contribution in [0.1, 0.15) is 37.8 Å². The number of aliphatic carboxylic acids is 1. The van der Waals surface area contributed by atoms with Crippen molar-refractivity contribution in [3.63, 3.8) is 0 Å². The molecule has 20 heavy (non-hydrogen) atoms. The van der Waals surface area contributed by atoms with Crippen molar-refractivity contribution >= 4 is 5.97 Å². The van der Waals surface area contributed by atoms with Crippen molar-refractivity contribution in [1.29, 1.82) is 0 Å². The smallest absolute Gasteiger partial charge is 0.308 e. The molecule has 1 heterocycles. The Morgan fingerprint density at radius 3 is 2.50 bits per heavy atom. The molecule has 0 amide bonds. The SMILES string of the molecule is Cc1ccc([C@H]2CN(C(C)(C)C)C[C@@H]2C(=O)O)c(F)c1. The molecule has 1 aliphatic heterocycles. The quantitative estimate of drug-likeness (QED) is 0.904. The van der Waals surface area contributed by atoms with E-state index in [2.05, 4.69) is 25.7 Å². The maximum absolute atomic E-state index is 14.2. The van der Waals surface area contributed by atoms with Gasteiger partial charge in [-0.2, -0.15) is 0 Å². The number of hydrogen-bond acceptors (Lipinski definition) is 2. The van der Waals surface area contributed by atoms with Gasteiger partial charge in [0, 0.05) is 24.5 Å². The van der Waals surface area contributed by atoms with Crippen LogP contribution in [0, 0.1) is 18.7 Å². The molecule has 0 aliphatic carbocycles. The molecule has 1 aliphatic rings. The Kier molecular flexibility index (Phi) is 3.87. The van der Waals surface area contributed by atoms with Gasteiger partial charge in [-0.25, -0.2) is 4.39 Å². The number of benzene rings is 1. The van der Waals surface area contributed by atoms with Crippen LogP contribution in [0.15, 0.2) is 18.2 Å². The van der Waals surface area contributed by atoms with Gasteiger partial charge in [0.05, 0.1) is 5.92 Å². The summed E-state index contributed by atoms with van der Waals surface area (Å²) in [7, 11) is 0. The average Bonchev–Trinajstić information content (AvgIpc) is 2.73. The second-order valence-electron chi connectivity index (χ2n) is 6.65. The fourth-order valence-corrected chi connectivity index (χ4v) is 2.85. The summed E-state index contributed by atoms with van der Waals surface area (Å²) in [5, 5.41) is 9.42. The van der Waals surface area contributed by atoms with Crippen molar-refractivity contribution < 1.29 is 14.3 Å². The Morgan fingerprint density at radius 2 is 2.00 bits per heavy atom. The maximum atomic E-state index is 14.2. The lowest BCUT2D eigenvalue weighted by molar-refractivity contribution is -0.141. The van der Waals surface area contributed by atoms with Crippen LogP contribution in [0.5, 0.6) is 0 Å². The molecule has 0 aromatic heterocycles. The summed E-state index contributed by atoms with van der Waals surface area (Å²) in [5.41, 5.74) is 1.27. The lowest BCUT2D eigenvalue weighted by atomic mass is 9.88. The largest absolute Gasteiger partial charge is 0.481 e. The van der Waals surface area contributed by atoms with Crippen molar-refractivity contribution in [3.05, 3.63) is 35.1 Å². The molecule has 110 valence electrons. The van der Waals surface area contributed by atoms with Gasteiger partial charge in [0.15, 0.2) is 0 Å². The first-order chi connectivity index (χ1) is 9.20. The first kappa shape index (κ1) is 15.0. The van der Waals surface area contributed by atoms with E-state index in [1.54, 1.807) is 6.07 Å². The number of carbonyl (C=O) groups is 1. The number of nitrogens with zero attached hydrogens (tertiary/aromatic N) is 1. The minimum atomic E-state index is -0.846. The Balaban J connectivity index is 2.35. The van der Waals surface area contributed by atoms with E-state index in [0.29, 0.717) is 18.7 Å². The Bertz CT molecular complexity index is 522. The highest BCUT2D eigenvalue weighted by atomic mass is 19.1. The van der Waals surface area contributed by atoms with Gasteiger partial charge >= 0.3 is 5.97 Å². The van der Waals surface area contributed by atoms with Crippen LogP contribution < -0.4 is 0 Å². The van der Waals surface area contributed by atoms with Crippen LogP contribution in [0.25, 0.3) is 0 Å². The van der Waals surface area contributed by atoms with E-state index in [4.69, 9.17) is 0 Å². The minimum absolute atomic E-state index is 0.108. The second-order valence-corrected chi connectivity index (χ2v) is 6.65. The molecular formula is C16H22FNO2. The molecule has 1 N–H and O–H groups in total. The first-order valence-electron chi connectivity index (χ1n) is 6.94. The van der Waals surface area contributed by atoms with Crippen molar-refractivity contribution in [2.75, 3.05) is 13.1 Å². The molecule has 2 atom stereocenters. The van der Waals surface area contributed by atoms with Gasteiger partial charge in [0.2, 0.25) is 0 Å². The van der Waals surface area contributed by atoms with Crippen molar-refractivity contribution in [1.82, 2.24) is 4.90 Å². The zero-order chi connectivity index (χ0) is 15.1. The molecule has 0 bridgehead atoms. The lowest BCUT2D eigenvalue weighted by Crippen LogP contribution is -2.40. The standard InChI is InChI=1S/C16H22FNO2/c1-10-5-6-11(14(17)7-10)12-8-18(16(2,3)4)9-13(12)15(19)20/h5-7,12-13H,8-9H2,1-4H3,(H,19,20)/t12-,13+/m1/s1. The van der Waals surface area contributed by atoms with E-state index in [1.165, 1.54) is 6.07 Å². The molecule has 4 heteroatoms. The van der Waals surface area contributed by atoms with Gasteiger partial charge in [-0.05, 0) is 44.9 Å². The van der Waals surface area contributed by atoms with E-state index >= 15 is 0 Å². The van der Waals surface area contributed by atoms with Gasteiger partial charge in [-0.1, -0.05) is 12.1 Å². The first-order valence-corrected chi connectivity index (χ1v) is 6.94. The topological polar surface area (TPSA) is 40.5 Å². The Hall–Kier alpha value is -1.42. The number of carboxylic acid groups (broad SMARTS) is 1. The third-order valence-electron chi connectivity index (χ3n) is 4.14. The summed E-state index contributed by atoms with van der Waals surface area (Å²) in [6, 6.07) is 5.06. The highest BCUT2D eigenvalue weighted by Gasteiger charge is 2.42. The molecule has 3 nitrogen and oxygen atoms in total. The van der Waals surface area contributed by atoms with Gasteiger partial charge in [0.25, 0.3) is 0 Å². The van der Waals surface area contributed by atoms with Crippen LogP contribution in [-0.4, -0.2) is 34.6 Å². The van der Waals surface area contributed by atoms with Crippen molar-refractivity contribution in [3.8, 4) is 0 Å². The van der Waals surface area contributed by atoms with Gasteiger partial charge < -0.3 is 5.11 Å². The summed E-state index contributed by atoms with van der Waals surface area (Å²) >= 11 is 0. The Labute approximate surface area is 119 Å². The molecule has 0 spiro atoms. The molecule has 1 saturated heterocycles. The summed E-state index contributed by atoms with van der Waals surface area (Å²) < 4.78 is 14.2. The van der Waals surface area contributed by atoms with Crippen LogP contribution in [0.3, 0.4) is 0 Å². The highest BCUT2D eigenvalue weighted by Crippen LogP contribution is 2.37. The molecule has 1 aromatic rings. The summed E-state index contributed by atoms with van der Waals surface area (Å²) in [6.07, 6.45) is 0. The molecule has 1 aromatic carbocycles. The second kappa shape index (κ2) is 5.17. The summed E-state index contributed by atoms with van der Waals surface area (Å²) in [6.45, 7) is 9.05. The predicted octanol–water partition coefficient (Wildman–Crippen LogP) is 3.03. The fourth-order valence-electron chi connectivity index (χ4n) is 2.85. The fraction of sp³-hybridized carbons (Fsp3) is 0.562. The molecule has 0 saturated carbocycles. The van der Waals surface area contributed by atoms with Crippen LogP contribution in [-0.2, 0) is 4.79 Å². The molecule has 1 fully saturated rings. The molecule has 2 rings (SSSR count). The van der Waals surface area contributed by atoms with E-state index in [9.17, 15) is 14.3 Å². The van der Waals surface area contributed by atoms with Gasteiger partial charge in [-0.3, -0.25) is 9.69 Å². The molecule has 0 radical (unpaired) electrons. The van der Waals surface area contributed by atoms with Crippen LogP contribution in [0.4, 0.5) is 4.39 Å². The van der Waals surface area contributed by atoms with E-state index in [1.807, 2.05) is 13.0 Å². The zero-order valence-corrected chi connectivity index (χ0v) is 12.5. The Morgan fingerprint density at radius 1 is 1.35 bits per heavy atom. The monoisotopic (exact) mass is 279 g/mol. The zero-order valence-electron chi connectivity index (χ0n) is 12.5. The highest BCUT2D eigenvalue weighted by molar-refractivity contribution is 5.72. The van der Waals surface area contributed by atoms with Gasteiger partial charge in [0.1, 0.15) is 5.82 Å². The average molecular weight is 279 g/mol. The number of aryl methyl sites for hydroxylation is 1. The third kappa shape index (κ3) is 2.85. The lowest BCUT2D eigenvalue weighted by Gasteiger charge is -2.31. The summed E-state index contributed by atoms with van der Waals surface area (Å²) in [5.74, 6) is -1.97. The predicted molar refractivity (Wildman–Crippen MR) is 76.3 cm³/mol. The number of hydrogen-bond donors (Lipinski definition) is 1. The minimum Gasteiger partial charge on any atom is -0.481 e. The normalized spacial score (nSPS) is 24.1. The molecule has 0 unspecified atom stereocenters. The van der Waals surface area contributed by atoms with E-state index in [-0.39, 0.29) is 17.3 Å². The number of rotatable bonds is 2.